The zero-order chi connectivity index (χ0) is 23.0. The van der Waals surface area contributed by atoms with E-state index in [1.54, 1.807) is 6.26 Å². The number of morpholine rings is 1. The summed E-state index contributed by atoms with van der Waals surface area (Å²) in [6.45, 7) is 10.5. The Morgan fingerprint density at radius 3 is 2.71 bits per heavy atom. The lowest BCUT2D eigenvalue weighted by molar-refractivity contribution is 0.0529. The van der Waals surface area contributed by atoms with E-state index in [4.69, 9.17) is 14.1 Å². The minimum Gasteiger partial charge on any atom is -0.444 e. The monoisotopic (exact) mass is 576 g/mol. The lowest BCUT2D eigenvalue weighted by atomic mass is 10.1. The number of guanidine groups is 1. The van der Waals surface area contributed by atoms with Gasteiger partial charge in [-0.1, -0.05) is 23.8 Å². The SMILES string of the molecule is CCNC(=NCc1ccc(N2CCOC(C)C2)nc1)NCc1coc(-c2ccc(C)cc2)n1.I. The Bertz CT molecular complexity index is 1050. The van der Waals surface area contributed by atoms with Crippen molar-refractivity contribution in [1.82, 2.24) is 20.6 Å². The highest BCUT2D eigenvalue weighted by Gasteiger charge is 2.17. The molecule has 4 rings (SSSR count). The summed E-state index contributed by atoms with van der Waals surface area (Å²) in [4.78, 5) is 16.2. The molecule has 34 heavy (non-hydrogen) atoms. The highest BCUT2D eigenvalue weighted by molar-refractivity contribution is 14.0. The summed E-state index contributed by atoms with van der Waals surface area (Å²) in [6.07, 6.45) is 3.81. The Morgan fingerprint density at radius 2 is 2.00 bits per heavy atom. The number of aryl methyl sites for hydroxylation is 1. The maximum Gasteiger partial charge on any atom is 0.226 e. The van der Waals surface area contributed by atoms with Crippen molar-refractivity contribution in [2.24, 2.45) is 4.99 Å². The molecular formula is C25H33IN6O2. The number of aliphatic imine (C=N–C) groups is 1. The molecule has 3 aromatic rings. The molecule has 0 amide bonds. The fourth-order valence-corrected chi connectivity index (χ4v) is 3.63. The van der Waals surface area contributed by atoms with Crippen molar-refractivity contribution in [3.63, 3.8) is 0 Å². The quantitative estimate of drug-likeness (QED) is 0.248. The third-order valence-electron chi connectivity index (χ3n) is 5.43. The van der Waals surface area contributed by atoms with Crippen LogP contribution in [-0.4, -0.2) is 48.3 Å². The third-order valence-corrected chi connectivity index (χ3v) is 5.43. The molecule has 2 aromatic heterocycles. The normalized spacial score (nSPS) is 16.1. The van der Waals surface area contributed by atoms with Gasteiger partial charge in [-0.2, -0.15) is 0 Å². The standard InChI is InChI=1S/C25H32N6O2.HI/c1-4-26-25(29-15-22-17-33-24(30-22)21-8-5-18(2)6-9-21)28-14-20-7-10-23(27-13-20)31-11-12-32-19(3)16-31;/h5-10,13,17,19H,4,11-12,14-16H2,1-3H3,(H2,26,28,29);1H. The van der Waals surface area contributed by atoms with Crippen LogP contribution in [0.15, 0.2) is 58.3 Å². The van der Waals surface area contributed by atoms with Crippen LogP contribution in [-0.2, 0) is 17.8 Å². The predicted molar refractivity (Wildman–Crippen MR) is 146 cm³/mol. The van der Waals surface area contributed by atoms with Crippen LogP contribution in [0, 0.1) is 6.92 Å². The van der Waals surface area contributed by atoms with E-state index in [1.165, 1.54) is 5.56 Å². The smallest absolute Gasteiger partial charge is 0.226 e. The van der Waals surface area contributed by atoms with Gasteiger partial charge in [0.15, 0.2) is 5.96 Å². The Hall–Kier alpha value is -2.66. The van der Waals surface area contributed by atoms with Gasteiger partial charge in [0.05, 0.1) is 31.5 Å². The Labute approximate surface area is 218 Å². The molecule has 2 N–H and O–H groups in total. The molecule has 8 nitrogen and oxygen atoms in total. The third kappa shape index (κ3) is 7.17. The highest BCUT2D eigenvalue weighted by atomic mass is 127. The van der Waals surface area contributed by atoms with E-state index in [-0.39, 0.29) is 30.1 Å². The number of ether oxygens (including phenoxy) is 1. The second-order valence-electron chi connectivity index (χ2n) is 8.21. The molecule has 1 fully saturated rings. The molecule has 9 heteroatoms. The van der Waals surface area contributed by atoms with E-state index in [1.807, 2.05) is 25.3 Å². The van der Waals surface area contributed by atoms with E-state index >= 15 is 0 Å². The van der Waals surface area contributed by atoms with Gasteiger partial charge in [-0.25, -0.2) is 15.0 Å². The van der Waals surface area contributed by atoms with Crippen LogP contribution in [0.3, 0.4) is 0 Å². The first kappa shape index (κ1) is 26.0. The van der Waals surface area contributed by atoms with Crippen molar-refractivity contribution in [2.45, 2.75) is 40.0 Å². The lowest BCUT2D eigenvalue weighted by Crippen LogP contribution is -2.41. The van der Waals surface area contributed by atoms with Crippen LogP contribution in [0.4, 0.5) is 5.82 Å². The van der Waals surface area contributed by atoms with Crippen molar-refractivity contribution < 1.29 is 9.15 Å². The number of benzene rings is 1. The average molecular weight is 576 g/mol. The Morgan fingerprint density at radius 1 is 1.18 bits per heavy atom. The zero-order valence-electron chi connectivity index (χ0n) is 20.0. The molecule has 1 aliphatic rings. The molecule has 0 radical (unpaired) electrons. The first-order valence-electron chi connectivity index (χ1n) is 11.5. The van der Waals surface area contributed by atoms with Gasteiger partial charge in [-0.3, -0.25) is 0 Å². The van der Waals surface area contributed by atoms with E-state index in [2.05, 4.69) is 63.6 Å². The molecule has 1 unspecified atom stereocenters. The topological polar surface area (TPSA) is 87.8 Å². The number of hydrogen-bond acceptors (Lipinski definition) is 6. The van der Waals surface area contributed by atoms with Crippen molar-refractivity contribution >= 4 is 35.8 Å². The first-order valence-corrected chi connectivity index (χ1v) is 11.5. The summed E-state index contributed by atoms with van der Waals surface area (Å²) >= 11 is 0. The number of pyridine rings is 1. The van der Waals surface area contributed by atoms with Crippen molar-refractivity contribution in [3.8, 4) is 11.5 Å². The minimum atomic E-state index is 0. The summed E-state index contributed by atoms with van der Waals surface area (Å²) < 4.78 is 11.3. The van der Waals surface area contributed by atoms with Crippen LogP contribution in [0.5, 0.6) is 0 Å². The molecule has 1 saturated heterocycles. The van der Waals surface area contributed by atoms with E-state index in [0.717, 1.165) is 54.8 Å². The van der Waals surface area contributed by atoms with Gasteiger partial charge in [-0.15, -0.1) is 24.0 Å². The summed E-state index contributed by atoms with van der Waals surface area (Å²) in [6, 6.07) is 12.3. The first-order chi connectivity index (χ1) is 16.1. The predicted octanol–water partition coefficient (Wildman–Crippen LogP) is 4.14. The van der Waals surface area contributed by atoms with Crippen molar-refractivity contribution in [2.75, 3.05) is 31.1 Å². The summed E-state index contributed by atoms with van der Waals surface area (Å²) in [5, 5.41) is 6.60. The number of rotatable bonds is 7. The van der Waals surface area contributed by atoms with Crippen molar-refractivity contribution in [1.29, 1.82) is 0 Å². The number of halogens is 1. The van der Waals surface area contributed by atoms with Gasteiger partial charge >= 0.3 is 0 Å². The average Bonchev–Trinajstić information content (AvgIpc) is 3.31. The van der Waals surface area contributed by atoms with Crippen molar-refractivity contribution in [3.05, 3.63) is 65.7 Å². The van der Waals surface area contributed by atoms with Gasteiger partial charge in [0.1, 0.15) is 12.1 Å². The second-order valence-corrected chi connectivity index (χ2v) is 8.21. The highest BCUT2D eigenvalue weighted by Crippen LogP contribution is 2.19. The molecule has 3 heterocycles. The fourth-order valence-electron chi connectivity index (χ4n) is 3.63. The molecule has 0 saturated carbocycles. The fraction of sp³-hybridized carbons (Fsp3) is 0.400. The van der Waals surface area contributed by atoms with Crippen LogP contribution in [0.2, 0.25) is 0 Å². The number of anilines is 1. The molecule has 1 atom stereocenters. The summed E-state index contributed by atoms with van der Waals surface area (Å²) in [5.74, 6) is 2.33. The molecule has 0 bridgehead atoms. The van der Waals surface area contributed by atoms with Crippen LogP contribution in [0.25, 0.3) is 11.5 Å². The maximum absolute atomic E-state index is 5.65. The Kier molecular flexibility index (Phi) is 9.70. The van der Waals surface area contributed by atoms with Gasteiger partial charge in [-0.05, 0) is 44.5 Å². The van der Waals surface area contributed by atoms with E-state index < -0.39 is 0 Å². The maximum atomic E-state index is 5.65. The number of nitrogens with one attached hydrogen (secondary N) is 2. The molecule has 0 aliphatic carbocycles. The molecule has 1 aliphatic heterocycles. The number of hydrogen-bond donors (Lipinski definition) is 2. The van der Waals surface area contributed by atoms with E-state index in [0.29, 0.717) is 19.0 Å². The molecule has 0 spiro atoms. The van der Waals surface area contributed by atoms with Crippen LogP contribution in [0.1, 0.15) is 30.7 Å². The largest absolute Gasteiger partial charge is 0.444 e. The molecule has 182 valence electrons. The number of nitrogens with zero attached hydrogens (tertiary/aromatic N) is 4. The molecular weight excluding hydrogens is 543 g/mol. The van der Waals surface area contributed by atoms with Gasteiger partial charge in [0, 0.05) is 31.4 Å². The summed E-state index contributed by atoms with van der Waals surface area (Å²) in [5.41, 5.74) is 4.05. The lowest BCUT2D eigenvalue weighted by Gasteiger charge is -2.32. The van der Waals surface area contributed by atoms with Gasteiger partial charge in [0.2, 0.25) is 5.89 Å². The van der Waals surface area contributed by atoms with Gasteiger partial charge < -0.3 is 24.7 Å². The Balaban J connectivity index is 0.00000324. The molecule has 1 aromatic carbocycles. The van der Waals surface area contributed by atoms with Crippen LogP contribution >= 0.6 is 24.0 Å². The number of aromatic nitrogens is 2. The van der Waals surface area contributed by atoms with E-state index in [9.17, 15) is 0 Å². The van der Waals surface area contributed by atoms with Gasteiger partial charge in [0.25, 0.3) is 0 Å². The van der Waals surface area contributed by atoms with Crippen LogP contribution < -0.4 is 15.5 Å². The zero-order valence-corrected chi connectivity index (χ0v) is 22.3. The summed E-state index contributed by atoms with van der Waals surface area (Å²) in [7, 11) is 0. The second kappa shape index (κ2) is 12.7. The minimum absolute atomic E-state index is 0. The number of oxazole rings is 1.